The van der Waals surface area contributed by atoms with E-state index in [1.54, 1.807) is 24.3 Å². The summed E-state index contributed by atoms with van der Waals surface area (Å²) in [7, 11) is 0. The molecule has 150 valence electrons. The van der Waals surface area contributed by atoms with Crippen LogP contribution >= 0.6 is 22.9 Å². The minimum atomic E-state index is -0.365. The molecule has 2 aromatic rings. The lowest BCUT2D eigenvalue weighted by atomic mass is 9.88. The summed E-state index contributed by atoms with van der Waals surface area (Å²) >= 11 is 7.52. The maximum atomic E-state index is 12.6. The Morgan fingerprint density at radius 2 is 2.11 bits per heavy atom. The van der Waals surface area contributed by atoms with Crippen LogP contribution in [0.3, 0.4) is 0 Å². The van der Waals surface area contributed by atoms with Crippen molar-refractivity contribution in [3.8, 4) is 5.75 Å². The van der Waals surface area contributed by atoms with Crippen LogP contribution in [-0.2, 0) is 22.4 Å². The van der Waals surface area contributed by atoms with Crippen LogP contribution in [-0.4, -0.2) is 25.1 Å². The van der Waals surface area contributed by atoms with Gasteiger partial charge in [0.2, 0.25) is 0 Å². The van der Waals surface area contributed by atoms with Crippen molar-refractivity contribution in [2.24, 2.45) is 5.92 Å². The summed E-state index contributed by atoms with van der Waals surface area (Å²) in [5, 5.41) is 3.83. The number of rotatable bonds is 7. The van der Waals surface area contributed by atoms with Crippen molar-refractivity contribution in [3.05, 3.63) is 45.3 Å². The van der Waals surface area contributed by atoms with Crippen molar-refractivity contribution in [3.63, 3.8) is 0 Å². The minimum absolute atomic E-state index is 0.188. The van der Waals surface area contributed by atoms with Crippen molar-refractivity contribution in [1.82, 2.24) is 0 Å². The van der Waals surface area contributed by atoms with Gasteiger partial charge in [0.25, 0.3) is 5.91 Å². The number of halogens is 1. The molecule has 0 fully saturated rings. The normalized spacial score (nSPS) is 15.6. The SMILES string of the molecule is CCCOC(=O)c1c(NC(=O)COc2ccccc2Cl)sc2c1CC[C@H](C)C2. The number of anilines is 1. The molecule has 1 heterocycles. The van der Waals surface area contributed by atoms with Crippen molar-refractivity contribution in [2.75, 3.05) is 18.5 Å². The first-order valence-electron chi connectivity index (χ1n) is 9.48. The van der Waals surface area contributed by atoms with Crippen LogP contribution in [0.1, 0.15) is 47.5 Å². The number of amides is 1. The van der Waals surface area contributed by atoms with Crippen LogP contribution < -0.4 is 10.1 Å². The van der Waals surface area contributed by atoms with Crippen LogP contribution in [0.4, 0.5) is 5.00 Å². The standard InChI is InChI=1S/C21H24ClNO4S/c1-3-10-26-21(25)19-14-9-8-13(2)11-17(14)28-20(19)23-18(24)12-27-16-7-5-4-6-15(16)22/h4-7,13H,3,8-12H2,1-2H3,(H,23,24)/t13-/m0/s1. The van der Waals surface area contributed by atoms with E-state index < -0.39 is 0 Å². The number of hydrogen-bond acceptors (Lipinski definition) is 5. The molecule has 1 aromatic carbocycles. The number of ether oxygens (including phenoxy) is 2. The molecule has 0 saturated heterocycles. The molecule has 0 unspecified atom stereocenters. The molecule has 1 aromatic heterocycles. The molecule has 0 saturated carbocycles. The van der Waals surface area contributed by atoms with Gasteiger partial charge in [-0.05, 0) is 49.3 Å². The van der Waals surface area contributed by atoms with Gasteiger partial charge in [0, 0.05) is 4.88 Å². The number of hydrogen-bond donors (Lipinski definition) is 1. The number of thiophene rings is 1. The zero-order valence-electron chi connectivity index (χ0n) is 16.0. The second-order valence-corrected chi connectivity index (χ2v) is 8.47. The van der Waals surface area contributed by atoms with E-state index in [1.807, 2.05) is 6.92 Å². The molecule has 1 aliphatic carbocycles. The van der Waals surface area contributed by atoms with Gasteiger partial charge in [0.1, 0.15) is 10.8 Å². The highest BCUT2D eigenvalue weighted by atomic mass is 35.5. The Hall–Kier alpha value is -2.05. The van der Waals surface area contributed by atoms with Crippen molar-refractivity contribution in [2.45, 2.75) is 39.5 Å². The summed E-state index contributed by atoms with van der Waals surface area (Å²) in [6.07, 6.45) is 3.53. The van der Waals surface area contributed by atoms with Crippen LogP contribution in [0.15, 0.2) is 24.3 Å². The van der Waals surface area contributed by atoms with Gasteiger partial charge < -0.3 is 14.8 Å². The minimum Gasteiger partial charge on any atom is -0.482 e. The van der Waals surface area contributed by atoms with Crippen LogP contribution in [0.5, 0.6) is 5.75 Å². The summed E-state index contributed by atoms with van der Waals surface area (Å²) in [6.45, 7) is 4.33. The molecule has 0 aliphatic heterocycles. The topological polar surface area (TPSA) is 64.6 Å². The van der Waals surface area contributed by atoms with Gasteiger partial charge in [0.05, 0.1) is 17.2 Å². The van der Waals surface area contributed by atoms with Crippen molar-refractivity contribution in [1.29, 1.82) is 0 Å². The molecule has 1 amide bonds. The van der Waals surface area contributed by atoms with Crippen LogP contribution in [0.25, 0.3) is 0 Å². The molecule has 1 N–H and O–H groups in total. The highest BCUT2D eigenvalue weighted by Crippen LogP contribution is 2.40. The molecular formula is C21H24ClNO4S. The van der Waals surface area contributed by atoms with Crippen LogP contribution in [0.2, 0.25) is 5.02 Å². The van der Waals surface area contributed by atoms with E-state index in [0.717, 1.165) is 36.1 Å². The summed E-state index contributed by atoms with van der Waals surface area (Å²) in [4.78, 5) is 26.2. The van der Waals surface area contributed by atoms with Gasteiger partial charge in [0.15, 0.2) is 6.61 Å². The van der Waals surface area contributed by atoms with Gasteiger partial charge in [-0.3, -0.25) is 4.79 Å². The molecule has 1 atom stereocenters. The fourth-order valence-electron chi connectivity index (χ4n) is 3.19. The smallest absolute Gasteiger partial charge is 0.341 e. The molecule has 3 rings (SSSR count). The van der Waals surface area contributed by atoms with Gasteiger partial charge in [-0.25, -0.2) is 4.79 Å². The summed E-state index contributed by atoms with van der Waals surface area (Å²) in [5.74, 6) is 0.311. The summed E-state index contributed by atoms with van der Waals surface area (Å²) < 4.78 is 10.9. The highest BCUT2D eigenvalue weighted by Gasteiger charge is 2.29. The quantitative estimate of drug-likeness (QED) is 0.631. The largest absolute Gasteiger partial charge is 0.482 e. The van der Waals surface area contributed by atoms with Crippen molar-refractivity contribution < 1.29 is 19.1 Å². The number of esters is 1. The van der Waals surface area contributed by atoms with E-state index in [1.165, 1.54) is 11.3 Å². The Balaban J connectivity index is 1.75. The molecule has 0 radical (unpaired) electrons. The number of para-hydroxylation sites is 1. The molecule has 0 bridgehead atoms. The monoisotopic (exact) mass is 421 g/mol. The molecule has 5 nitrogen and oxygen atoms in total. The van der Waals surface area contributed by atoms with Gasteiger partial charge >= 0.3 is 5.97 Å². The second-order valence-electron chi connectivity index (χ2n) is 6.96. The predicted octanol–water partition coefficient (Wildman–Crippen LogP) is 5.11. The number of carbonyl (C=O) groups excluding carboxylic acids is 2. The zero-order chi connectivity index (χ0) is 20.1. The van der Waals surface area contributed by atoms with Crippen molar-refractivity contribution >= 4 is 39.8 Å². The van der Waals surface area contributed by atoms with Gasteiger partial charge in [-0.2, -0.15) is 0 Å². The second kappa shape index (κ2) is 9.43. The highest BCUT2D eigenvalue weighted by molar-refractivity contribution is 7.17. The maximum Gasteiger partial charge on any atom is 0.341 e. The fraction of sp³-hybridized carbons (Fsp3) is 0.429. The fourth-order valence-corrected chi connectivity index (χ4v) is 4.79. The average molecular weight is 422 g/mol. The third kappa shape index (κ3) is 4.86. The van der Waals surface area contributed by atoms with E-state index in [2.05, 4.69) is 12.2 Å². The lowest BCUT2D eigenvalue weighted by molar-refractivity contribution is -0.118. The molecular weight excluding hydrogens is 398 g/mol. The number of nitrogens with one attached hydrogen (secondary N) is 1. The Bertz CT molecular complexity index is 864. The van der Waals surface area contributed by atoms with E-state index in [-0.39, 0.29) is 18.5 Å². The first kappa shape index (κ1) is 20.7. The molecule has 1 aliphatic rings. The third-order valence-corrected chi connectivity index (χ3v) is 6.08. The number of carbonyl (C=O) groups is 2. The Kier molecular flexibility index (Phi) is 6.97. The lowest BCUT2D eigenvalue weighted by Crippen LogP contribution is -2.21. The molecule has 7 heteroatoms. The van der Waals surface area contributed by atoms with E-state index in [4.69, 9.17) is 21.1 Å². The Morgan fingerprint density at radius 1 is 1.32 bits per heavy atom. The summed E-state index contributed by atoms with van der Waals surface area (Å²) in [6, 6.07) is 6.98. The molecule has 28 heavy (non-hydrogen) atoms. The van der Waals surface area contributed by atoms with E-state index >= 15 is 0 Å². The third-order valence-electron chi connectivity index (χ3n) is 4.60. The zero-order valence-corrected chi connectivity index (χ0v) is 17.6. The molecule has 0 spiro atoms. The van der Waals surface area contributed by atoms with E-state index in [0.29, 0.717) is 33.9 Å². The number of fused-ring (bicyclic) bond motifs is 1. The van der Waals surface area contributed by atoms with Gasteiger partial charge in [-0.1, -0.05) is 37.6 Å². The predicted molar refractivity (Wildman–Crippen MR) is 112 cm³/mol. The Labute approximate surface area is 174 Å². The lowest BCUT2D eigenvalue weighted by Gasteiger charge is -2.18. The number of benzene rings is 1. The first-order valence-corrected chi connectivity index (χ1v) is 10.7. The van der Waals surface area contributed by atoms with Crippen LogP contribution in [0, 0.1) is 5.92 Å². The first-order chi connectivity index (χ1) is 13.5. The average Bonchev–Trinajstić information content (AvgIpc) is 3.02. The van der Waals surface area contributed by atoms with Gasteiger partial charge in [-0.15, -0.1) is 11.3 Å². The van der Waals surface area contributed by atoms with E-state index in [9.17, 15) is 9.59 Å². The summed E-state index contributed by atoms with van der Waals surface area (Å²) in [5.41, 5.74) is 1.53. The Morgan fingerprint density at radius 3 is 2.86 bits per heavy atom. The maximum absolute atomic E-state index is 12.6.